The molecule has 0 aromatic carbocycles. The van der Waals surface area contributed by atoms with Crippen LogP contribution in [0.4, 0.5) is 17.6 Å². The average molecular weight is 230 g/mol. The van der Waals surface area contributed by atoms with Gasteiger partial charge in [-0.3, -0.25) is 4.39 Å². The van der Waals surface area contributed by atoms with E-state index in [2.05, 4.69) is 0 Å². The molecule has 1 aliphatic heterocycles. The predicted octanol–water partition coefficient (Wildman–Crippen LogP) is 2.06. The van der Waals surface area contributed by atoms with Crippen molar-refractivity contribution in [2.45, 2.75) is 38.1 Å². The van der Waals surface area contributed by atoms with Gasteiger partial charge in [0.1, 0.15) is 6.67 Å². The second-order valence-electron chi connectivity index (χ2n) is 4.09. The van der Waals surface area contributed by atoms with Crippen LogP contribution in [0.15, 0.2) is 0 Å². The molecule has 1 aliphatic rings. The molecule has 1 saturated heterocycles. The Labute approximate surface area is 85.2 Å². The molecule has 90 valence electrons. The molecule has 6 heteroatoms. The van der Waals surface area contributed by atoms with Gasteiger partial charge in [0.25, 0.3) is 0 Å². The van der Waals surface area contributed by atoms with Crippen LogP contribution in [0, 0.1) is 5.41 Å². The van der Waals surface area contributed by atoms with Crippen molar-refractivity contribution in [3.05, 3.63) is 0 Å². The van der Waals surface area contributed by atoms with E-state index < -0.39 is 30.5 Å². The van der Waals surface area contributed by atoms with Crippen LogP contribution in [0.2, 0.25) is 0 Å². The Morgan fingerprint density at radius 3 is 2.40 bits per heavy atom. The fourth-order valence-corrected chi connectivity index (χ4v) is 1.81. The lowest BCUT2D eigenvalue weighted by Gasteiger charge is -2.37. The normalized spacial score (nSPS) is 28.8. The van der Waals surface area contributed by atoms with Crippen molar-refractivity contribution in [3.63, 3.8) is 0 Å². The van der Waals surface area contributed by atoms with Gasteiger partial charge in [-0.25, -0.2) is 0 Å². The van der Waals surface area contributed by atoms with Crippen molar-refractivity contribution in [1.29, 1.82) is 0 Å². The van der Waals surface area contributed by atoms with Gasteiger partial charge in [0.05, 0.1) is 11.5 Å². The highest BCUT2D eigenvalue weighted by atomic mass is 19.4. The fraction of sp³-hybridized carbons (Fsp3) is 1.00. The van der Waals surface area contributed by atoms with E-state index in [9.17, 15) is 17.6 Å². The summed E-state index contributed by atoms with van der Waals surface area (Å²) in [6.45, 7) is 0.143. The molecular weight excluding hydrogens is 216 g/mol. The second kappa shape index (κ2) is 4.25. The summed E-state index contributed by atoms with van der Waals surface area (Å²) in [5.41, 5.74) is -1.89. The quantitative estimate of drug-likeness (QED) is 0.752. The van der Waals surface area contributed by atoms with Crippen LogP contribution in [0.25, 0.3) is 0 Å². The summed E-state index contributed by atoms with van der Waals surface area (Å²) < 4.78 is 54.7. The fourth-order valence-electron chi connectivity index (χ4n) is 1.81. The number of aliphatic hydroxyl groups is 1. The molecule has 1 fully saturated rings. The van der Waals surface area contributed by atoms with Gasteiger partial charge in [-0.05, 0) is 12.8 Å². The molecule has 15 heavy (non-hydrogen) atoms. The summed E-state index contributed by atoms with van der Waals surface area (Å²) in [7, 11) is 0. The predicted molar refractivity (Wildman–Crippen MR) is 45.1 cm³/mol. The van der Waals surface area contributed by atoms with Gasteiger partial charge < -0.3 is 9.84 Å². The molecule has 2 nitrogen and oxygen atoms in total. The largest absolute Gasteiger partial charge is 0.415 e. The van der Waals surface area contributed by atoms with Crippen LogP contribution in [-0.2, 0) is 4.74 Å². The lowest BCUT2D eigenvalue weighted by atomic mass is 9.78. The highest BCUT2D eigenvalue weighted by molar-refractivity contribution is 4.94. The third-order valence-corrected chi connectivity index (χ3v) is 2.89. The molecule has 0 aliphatic carbocycles. The topological polar surface area (TPSA) is 29.5 Å². The van der Waals surface area contributed by atoms with Crippen LogP contribution >= 0.6 is 0 Å². The molecule has 3 unspecified atom stereocenters. The molecule has 1 heterocycles. The van der Waals surface area contributed by atoms with E-state index in [4.69, 9.17) is 9.84 Å². The molecule has 0 amide bonds. The summed E-state index contributed by atoms with van der Waals surface area (Å²) in [5.74, 6) is 0. The van der Waals surface area contributed by atoms with Crippen molar-refractivity contribution < 1.29 is 27.4 Å². The summed E-state index contributed by atoms with van der Waals surface area (Å²) >= 11 is 0. The Balaban J connectivity index is 2.83. The van der Waals surface area contributed by atoms with Crippen molar-refractivity contribution >= 4 is 0 Å². The summed E-state index contributed by atoms with van der Waals surface area (Å²) in [6.07, 6.45) is -7.40. The standard InChI is InChI=1S/C9H14F4O2/c1-8(5-10,6-3-2-4-15-6)7(14)9(11,12)13/h6-7,14H,2-5H2,1H3. The number of aliphatic hydroxyl groups excluding tert-OH is 1. The van der Waals surface area contributed by atoms with Crippen LogP contribution in [0.3, 0.4) is 0 Å². The van der Waals surface area contributed by atoms with Gasteiger partial charge in [-0.1, -0.05) is 6.92 Å². The molecule has 1 rings (SSSR count). The third-order valence-electron chi connectivity index (χ3n) is 2.89. The van der Waals surface area contributed by atoms with Crippen LogP contribution in [-0.4, -0.2) is 36.8 Å². The Bertz CT molecular complexity index is 213. The van der Waals surface area contributed by atoms with Gasteiger partial charge in [-0.15, -0.1) is 0 Å². The molecular formula is C9H14F4O2. The van der Waals surface area contributed by atoms with Crippen molar-refractivity contribution in [3.8, 4) is 0 Å². The average Bonchev–Trinajstić information content (AvgIpc) is 2.67. The maximum absolute atomic E-state index is 12.7. The van der Waals surface area contributed by atoms with E-state index in [0.29, 0.717) is 19.4 Å². The van der Waals surface area contributed by atoms with E-state index in [1.54, 1.807) is 0 Å². The first-order chi connectivity index (χ1) is 6.82. The monoisotopic (exact) mass is 230 g/mol. The molecule has 0 saturated carbocycles. The van der Waals surface area contributed by atoms with E-state index in [1.165, 1.54) is 0 Å². The van der Waals surface area contributed by atoms with Gasteiger partial charge in [0.2, 0.25) is 0 Å². The number of alkyl halides is 4. The smallest absolute Gasteiger partial charge is 0.383 e. The SMILES string of the molecule is CC(CF)(C1CCCO1)C(O)C(F)(F)F. The van der Waals surface area contributed by atoms with Crippen LogP contribution in [0.5, 0.6) is 0 Å². The molecule has 0 aromatic rings. The highest BCUT2D eigenvalue weighted by Crippen LogP contribution is 2.41. The molecule has 1 N–H and O–H groups in total. The zero-order chi connectivity index (χ0) is 11.7. The Hall–Kier alpha value is -0.360. The highest BCUT2D eigenvalue weighted by Gasteiger charge is 2.55. The minimum Gasteiger partial charge on any atom is -0.383 e. The van der Waals surface area contributed by atoms with E-state index in [1.807, 2.05) is 0 Å². The number of ether oxygens (including phenoxy) is 1. The van der Waals surface area contributed by atoms with Gasteiger partial charge in [0, 0.05) is 6.61 Å². The van der Waals surface area contributed by atoms with E-state index >= 15 is 0 Å². The number of rotatable bonds is 3. The van der Waals surface area contributed by atoms with Crippen LogP contribution in [0.1, 0.15) is 19.8 Å². The first-order valence-corrected chi connectivity index (χ1v) is 4.74. The van der Waals surface area contributed by atoms with Gasteiger partial charge in [0.15, 0.2) is 6.10 Å². The minimum absolute atomic E-state index is 0.324. The first-order valence-electron chi connectivity index (χ1n) is 4.74. The molecule has 0 radical (unpaired) electrons. The Kier molecular flexibility index (Phi) is 3.60. The summed E-state index contributed by atoms with van der Waals surface area (Å²) in [6, 6.07) is 0. The van der Waals surface area contributed by atoms with Gasteiger partial charge >= 0.3 is 6.18 Å². The second-order valence-corrected chi connectivity index (χ2v) is 4.09. The van der Waals surface area contributed by atoms with Crippen molar-refractivity contribution in [2.75, 3.05) is 13.3 Å². The third kappa shape index (κ3) is 2.42. The molecule has 0 spiro atoms. The lowest BCUT2D eigenvalue weighted by molar-refractivity contribution is -0.254. The Morgan fingerprint density at radius 2 is 2.07 bits per heavy atom. The van der Waals surface area contributed by atoms with Crippen molar-refractivity contribution in [1.82, 2.24) is 0 Å². The van der Waals surface area contributed by atoms with Crippen molar-refractivity contribution in [2.24, 2.45) is 5.41 Å². The molecule has 0 aromatic heterocycles. The van der Waals surface area contributed by atoms with E-state index in [0.717, 1.165) is 6.92 Å². The number of halogens is 4. The summed E-state index contributed by atoms with van der Waals surface area (Å²) in [5, 5.41) is 9.12. The maximum Gasteiger partial charge on any atom is 0.415 e. The Morgan fingerprint density at radius 1 is 1.47 bits per heavy atom. The molecule has 0 bridgehead atoms. The number of hydrogen-bond donors (Lipinski definition) is 1. The molecule has 3 atom stereocenters. The maximum atomic E-state index is 12.7. The van der Waals surface area contributed by atoms with Gasteiger partial charge in [-0.2, -0.15) is 13.2 Å². The zero-order valence-electron chi connectivity index (χ0n) is 8.35. The van der Waals surface area contributed by atoms with E-state index in [-0.39, 0.29) is 0 Å². The zero-order valence-corrected chi connectivity index (χ0v) is 8.35. The number of hydrogen-bond acceptors (Lipinski definition) is 2. The van der Waals surface area contributed by atoms with Crippen LogP contribution < -0.4 is 0 Å². The first kappa shape index (κ1) is 12.7. The summed E-state index contributed by atoms with van der Waals surface area (Å²) in [4.78, 5) is 0. The minimum atomic E-state index is -4.81. The lowest BCUT2D eigenvalue weighted by Crippen LogP contribution is -2.51.